The van der Waals surface area contributed by atoms with E-state index in [1.165, 1.54) is 0 Å². The maximum absolute atomic E-state index is 13.2. The van der Waals surface area contributed by atoms with Gasteiger partial charge in [0.05, 0.1) is 11.2 Å². The molecular formula is C21H23Cl2NO2. The van der Waals surface area contributed by atoms with Crippen LogP contribution >= 0.6 is 23.2 Å². The topological polar surface area (TPSA) is 39.2 Å². The number of alkyl halides is 2. The molecule has 5 heteroatoms. The largest absolute Gasteiger partial charge is 0.493 e. The van der Waals surface area contributed by atoms with E-state index in [4.69, 9.17) is 27.9 Å². The number of allylic oxidation sites excluding steroid dienone is 4. The normalized spacial score (nSPS) is 30.7. The Labute approximate surface area is 164 Å². The number of halogens is 2. The molecule has 1 aromatic rings. The van der Waals surface area contributed by atoms with Gasteiger partial charge in [0.15, 0.2) is 5.78 Å². The van der Waals surface area contributed by atoms with E-state index in [1.807, 2.05) is 31.2 Å². The van der Waals surface area contributed by atoms with Gasteiger partial charge in [0.1, 0.15) is 10.9 Å². The van der Waals surface area contributed by atoms with Gasteiger partial charge in [0, 0.05) is 35.9 Å². The smallest absolute Gasteiger partial charge is 0.168 e. The van der Waals surface area contributed by atoms with Crippen molar-refractivity contribution in [1.82, 2.24) is 4.98 Å². The van der Waals surface area contributed by atoms with Crippen molar-refractivity contribution in [3.8, 4) is 0 Å². The summed E-state index contributed by atoms with van der Waals surface area (Å²) in [5.41, 5.74) is 1.05. The van der Waals surface area contributed by atoms with Crippen molar-refractivity contribution in [2.45, 2.75) is 50.0 Å². The highest BCUT2D eigenvalue weighted by atomic mass is 35.5. The molecule has 0 N–H and O–H groups in total. The van der Waals surface area contributed by atoms with E-state index >= 15 is 0 Å². The first kappa shape index (κ1) is 18.1. The summed E-state index contributed by atoms with van der Waals surface area (Å²) in [5, 5.41) is 0. The molecule has 4 rings (SSSR count). The molecule has 0 aliphatic heterocycles. The molecule has 0 aromatic carbocycles. The van der Waals surface area contributed by atoms with Crippen LogP contribution in [0.1, 0.15) is 44.6 Å². The molecule has 2 atom stereocenters. The number of hydrogen-bond donors (Lipinski definition) is 0. The molecule has 2 unspecified atom stereocenters. The lowest BCUT2D eigenvalue weighted by Crippen LogP contribution is -2.45. The van der Waals surface area contributed by atoms with Crippen LogP contribution in [0.2, 0.25) is 0 Å². The lowest BCUT2D eigenvalue weighted by Gasteiger charge is -2.40. The third-order valence-electron chi connectivity index (χ3n) is 6.41. The fraction of sp³-hybridized carbons (Fsp3) is 0.524. The average molecular weight is 392 g/mol. The molecule has 1 heterocycles. The van der Waals surface area contributed by atoms with Crippen molar-refractivity contribution in [3.63, 3.8) is 0 Å². The van der Waals surface area contributed by atoms with Crippen molar-refractivity contribution in [1.29, 1.82) is 0 Å². The molecule has 3 aliphatic carbocycles. The van der Waals surface area contributed by atoms with Gasteiger partial charge in [-0.3, -0.25) is 9.78 Å². The first-order valence-corrected chi connectivity index (χ1v) is 10.0. The Bertz CT molecular complexity index is 765. The number of nitrogens with zero attached hydrogens (tertiary/aromatic N) is 1. The molecule has 0 saturated heterocycles. The van der Waals surface area contributed by atoms with E-state index in [1.54, 1.807) is 12.4 Å². The van der Waals surface area contributed by atoms with Crippen LogP contribution in [0.3, 0.4) is 0 Å². The van der Waals surface area contributed by atoms with Crippen molar-refractivity contribution in [2.24, 2.45) is 17.3 Å². The molecule has 2 saturated carbocycles. The number of rotatable bonds is 4. The van der Waals surface area contributed by atoms with E-state index in [9.17, 15) is 4.79 Å². The molecular weight excluding hydrogens is 369 g/mol. The molecule has 0 amide bonds. The summed E-state index contributed by atoms with van der Waals surface area (Å²) < 4.78 is 4.85. The van der Waals surface area contributed by atoms with Crippen LogP contribution in [-0.2, 0) is 16.1 Å². The molecule has 138 valence electrons. The zero-order valence-electron chi connectivity index (χ0n) is 14.9. The second kappa shape index (κ2) is 6.69. The van der Waals surface area contributed by atoms with Crippen molar-refractivity contribution >= 4 is 29.0 Å². The Morgan fingerprint density at radius 2 is 2.04 bits per heavy atom. The van der Waals surface area contributed by atoms with Crippen molar-refractivity contribution in [3.05, 3.63) is 53.6 Å². The van der Waals surface area contributed by atoms with Crippen LogP contribution in [0.15, 0.2) is 48.0 Å². The van der Waals surface area contributed by atoms with Gasteiger partial charge >= 0.3 is 0 Å². The summed E-state index contributed by atoms with van der Waals surface area (Å²) >= 11 is 13.8. The predicted molar refractivity (Wildman–Crippen MR) is 103 cm³/mol. The molecule has 0 bridgehead atoms. The number of aromatic nitrogens is 1. The Hall–Kier alpha value is -1.32. The van der Waals surface area contributed by atoms with E-state index in [0.717, 1.165) is 42.6 Å². The quantitative estimate of drug-likeness (QED) is 0.646. The minimum absolute atomic E-state index is 0.127. The van der Waals surface area contributed by atoms with Gasteiger partial charge in [0.2, 0.25) is 0 Å². The lowest BCUT2D eigenvalue weighted by atomic mass is 9.72. The number of ether oxygens (including phenoxy) is 1. The van der Waals surface area contributed by atoms with Gasteiger partial charge < -0.3 is 4.74 Å². The SMILES string of the molecule is CC1(C2CCCC2)C(=O)C2=CC=C(OCc3cccnc3)CC2C1(Cl)Cl. The molecule has 0 spiro atoms. The zero-order valence-corrected chi connectivity index (χ0v) is 16.4. The lowest BCUT2D eigenvalue weighted by molar-refractivity contribution is -0.125. The summed E-state index contributed by atoms with van der Waals surface area (Å²) in [7, 11) is 0. The number of Topliss-reactive ketones (excluding diaryl/α,β-unsaturated/α-hetero) is 1. The van der Waals surface area contributed by atoms with Crippen LogP contribution in [-0.4, -0.2) is 15.1 Å². The third-order valence-corrected chi connectivity index (χ3v) is 7.72. The van der Waals surface area contributed by atoms with Gasteiger partial charge in [-0.25, -0.2) is 0 Å². The summed E-state index contributed by atoms with van der Waals surface area (Å²) in [4.78, 5) is 17.3. The Kier molecular flexibility index (Phi) is 4.65. The third kappa shape index (κ3) is 2.71. The minimum Gasteiger partial charge on any atom is -0.493 e. The number of fused-ring (bicyclic) bond motifs is 1. The summed E-state index contributed by atoms with van der Waals surface area (Å²) in [6.07, 6.45) is 12.2. The minimum atomic E-state index is -1.10. The van der Waals surface area contributed by atoms with Crippen molar-refractivity contribution < 1.29 is 9.53 Å². The summed E-state index contributed by atoms with van der Waals surface area (Å²) in [5.74, 6) is 0.993. The molecule has 26 heavy (non-hydrogen) atoms. The van der Waals surface area contributed by atoms with Gasteiger partial charge in [-0.15, -0.1) is 0 Å². The van der Waals surface area contributed by atoms with Crippen LogP contribution in [0.25, 0.3) is 0 Å². The number of ketones is 1. The summed E-state index contributed by atoms with van der Waals surface area (Å²) in [6, 6.07) is 3.86. The maximum Gasteiger partial charge on any atom is 0.168 e. The van der Waals surface area contributed by atoms with Crippen LogP contribution in [0.5, 0.6) is 0 Å². The average Bonchev–Trinajstić information content (AvgIpc) is 3.24. The second-order valence-corrected chi connectivity index (χ2v) is 9.18. The Morgan fingerprint density at radius 3 is 2.73 bits per heavy atom. The van der Waals surface area contributed by atoms with E-state index in [2.05, 4.69) is 4.98 Å². The maximum atomic E-state index is 13.2. The molecule has 3 nitrogen and oxygen atoms in total. The summed E-state index contributed by atoms with van der Waals surface area (Å²) in [6.45, 7) is 2.42. The van der Waals surface area contributed by atoms with Crippen molar-refractivity contribution in [2.75, 3.05) is 0 Å². The molecule has 2 fully saturated rings. The number of carbonyl (C=O) groups excluding carboxylic acids is 1. The number of hydrogen-bond acceptors (Lipinski definition) is 3. The standard InChI is InChI=1S/C21H23Cl2NO2/c1-20(15-6-2-3-7-15)19(25)17-9-8-16(11-18(17)21(20,22)23)26-13-14-5-4-10-24-12-14/h4-5,8-10,12,15,18H,2-3,6-7,11,13H2,1H3. The Morgan fingerprint density at radius 1 is 1.27 bits per heavy atom. The van der Waals surface area contributed by atoms with E-state index in [-0.39, 0.29) is 17.6 Å². The zero-order chi connectivity index (χ0) is 18.4. The van der Waals surface area contributed by atoms with Crippen LogP contribution in [0.4, 0.5) is 0 Å². The number of carbonyl (C=O) groups is 1. The van der Waals surface area contributed by atoms with Crippen LogP contribution < -0.4 is 0 Å². The number of pyridine rings is 1. The molecule has 3 aliphatic rings. The van der Waals surface area contributed by atoms with Crippen LogP contribution in [0, 0.1) is 17.3 Å². The highest BCUT2D eigenvalue weighted by molar-refractivity contribution is 6.52. The van der Waals surface area contributed by atoms with Gasteiger partial charge in [-0.1, -0.05) is 48.2 Å². The second-order valence-electron chi connectivity index (χ2n) is 7.80. The van der Waals surface area contributed by atoms with Gasteiger partial charge in [-0.05, 0) is 37.8 Å². The highest BCUT2D eigenvalue weighted by Crippen LogP contribution is 2.64. The monoisotopic (exact) mass is 391 g/mol. The molecule has 1 aromatic heterocycles. The Balaban J connectivity index is 1.54. The first-order valence-electron chi connectivity index (χ1n) is 9.29. The predicted octanol–water partition coefficient (Wildman–Crippen LogP) is 5.38. The molecule has 0 radical (unpaired) electrons. The van der Waals surface area contributed by atoms with E-state index in [0.29, 0.717) is 13.0 Å². The fourth-order valence-corrected chi connectivity index (χ4v) is 5.65. The van der Waals surface area contributed by atoms with E-state index < -0.39 is 9.75 Å². The fourth-order valence-electron chi connectivity index (χ4n) is 4.78. The first-order chi connectivity index (χ1) is 12.4. The highest BCUT2D eigenvalue weighted by Gasteiger charge is 2.66. The van der Waals surface area contributed by atoms with Gasteiger partial charge in [-0.2, -0.15) is 0 Å². The van der Waals surface area contributed by atoms with Gasteiger partial charge in [0.25, 0.3) is 0 Å².